The fraction of sp³-hybridized carbons (Fsp3) is 0.412. The van der Waals surface area contributed by atoms with E-state index in [0.29, 0.717) is 17.6 Å². The lowest BCUT2D eigenvalue weighted by atomic mass is 10.1. The SMILES string of the molecule is C#Cc1cccc(NC(=O)CNC(=NC)NCCC(C)C)c1. The number of carbonyl (C=O) groups is 1. The topological polar surface area (TPSA) is 65.5 Å². The highest BCUT2D eigenvalue weighted by Gasteiger charge is 2.04. The predicted molar refractivity (Wildman–Crippen MR) is 91.8 cm³/mol. The van der Waals surface area contributed by atoms with Gasteiger partial charge in [0, 0.05) is 24.8 Å². The van der Waals surface area contributed by atoms with Crippen molar-refractivity contribution >= 4 is 17.6 Å². The van der Waals surface area contributed by atoms with Crippen molar-refractivity contribution in [1.29, 1.82) is 0 Å². The minimum absolute atomic E-state index is 0.141. The van der Waals surface area contributed by atoms with Crippen molar-refractivity contribution in [2.45, 2.75) is 20.3 Å². The van der Waals surface area contributed by atoms with E-state index < -0.39 is 0 Å². The van der Waals surface area contributed by atoms with E-state index in [1.807, 2.05) is 12.1 Å². The summed E-state index contributed by atoms with van der Waals surface area (Å²) in [5.41, 5.74) is 1.42. The molecule has 1 aromatic rings. The second-order valence-electron chi connectivity index (χ2n) is 5.31. The zero-order valence-electron chi connectivity index (χ0n) is 13.4. The number of nitrogens with one attached hydrogen (secondary N) is 3. The lowest BCUT2D eigenvalue weighted by Gasteiger charge is -2.13. The number of terminal acetylenes is 1. The van der Waals surface area contributed by atoms with Gasteiger partial charge in [0.15, 0.2) is 5.96 Å². The van der Waals surface area contributed by atoms with Crippen LogP contribution in [0, 0.1) is 18.3 Å². The number of rotatable bonds is 6. The summed E-state index contributed by atoms with van der Waals surface area (Å²) in [6, 6.07) is 7.18. The van der Waals surface area contributed by atoms with Crippen LogP contribution in [0.1, 0.15) is 25.8 Å². The van der Waals surface area contributed by atoms with E-state index in [2.05, 4.69) is 40.7 Å². The Bertz CT molecular complexity index is 558. The van der Waals surface area contributed by atoms with Crippen molar-refractivity contribution in [2.75, 3.05) is 25.5 Å². The summed E-state index contributed by atoms with van der Waals surface area (Å²) in [4.78, 5) is 16.0. The predicted octanol–water partition coefficient (Wildman–Crippen LogP) is 1.82. The van der Waals surface area contributed by atoms with Gasteiger partial charge in [0.1, 0.15) is 0 Å². The first-order chi connectivity index (χ1) is 10.5. The van der Waals surface area contributed by atoms with Crippen LogP contribution in [0.15, 0.2) is 29.3 Å². The Kier molecular flexibility index (Phi) is 7.55. The van der Waals surface area contributed by atoms with E-state index in [9.17, 15) is 4.79 Å². The minimum Gasteiger partial charge on any atom is -0.356 e. The summed E-state index contributed by atoms with van der Waals surface area (Å²) in [7, 11) is 1.68. The number of hydrogen-bond donors (Lipinski definition) is 3. The lowest BCUT2D eigenvalue weighted by molar-refractivity contribution is -0.115. The number of benzene rings is 1. The van der Waals surface area contributed by atoms with Crippen molar-refractivity contribution < 1.29 is 4.79 Å². The number of nitrogens with zero attached hydrogens (tertiary/aromatic N) is 1. The zero-order valence-corrected chi connectivity index (χ0v) is 13.4. The molecule has 0 radical (unpaired) electrons. The van der Waals surface area contributed by atoms with E-state index in [0.717, 1.165) is 18.5 Å². The number of aliphatic imine (C=N–C) groups is 1. The van der Waals surface area contributed by atoms with Crippen molar-refractivity contribution in [3.8, 4) is 12.3 Å². The Morgan fingerprint density at radius 2 is 2.14 bits per heavy atom. The van der Waals surface area contributed by atoms with Crippen LogP contribution in [0.25, 0.3) is 0 Å². The Morgan fingerprint density at radius 3 is 2.77 bits per heavy atom. The van der Waals surface area contributed by atoms with Crippen molar-refractivity contribution in [3.05, 3.63) is 29.8 Å². The Morgan fingerprint density at radius 1 is 1.36 bits per heavy atom. The van der Waals surface area contributed by atoms with Gasteiger partial charge in [0.05, 0.1) is 6.54 Å². The molecule has 22 heavy (non-hydrogen) atoms. The Labute approximate surface area is 132 Å². The van der Waals surface area contributed by atoms with Crippen LogP contribution < -0.4 is 16.0 Å². The summed E-state index contributed by atoms with van der Waals surface area (Å²) in [5.74, 6) is 3.63. The van der Waals surface area contributed by atoms with Crippen molar-refractivity contribution in [2.24, 2.45) is 10.9 Å². The Hall–Kier alpha value is -2.48. The molecule has 0 atom stereocenters. The summed E-state index contributed by atoms with van der Waals surface area (Å²) in [6.07, 6.45) is 6.38. The standard InChI is InChI=1S/C17H24N4O/c1-5-14-7-6-8-15(11-14)21-16(22)12-20-17(18-4)19-10-9-13(2)3/h1,6-8,11,13H,9-10,12H2,2-4H3,(H,21,22)(H2,18,19,20). The molecule has 0 saturated heterocycles. The third-order valence-corrected chi connectivity index (χ3v) is 2.97. The monoisotopic (exact) mass is 300 g/mol. The first-order valence-electron chi connectivity index (χ1n) is 7.36. The molecule has 5 heteroatoms. The molecule has 118 valence electrons. The highest BCUT2D eigenvalue weighted by atomic mass is 16.1. The normalized spacial score (nSPS) is 11.0. The van der Waals surface area contributed by atoms with Gasteiger partial charge < -0.3 is 16.0 Å². The van der Waals surface area contributed by atoms with Crippen LogP contribution in [-0.2, 0) is 4.79 Å². The van der Waals surface area contributed by atoms with Gasteiger partial charge in [0.25, 0.3) is 0 Å². The van der Waals surface area contributed by atoms with Gasteiger partial charge in [-0.3, -0.25) is 9.79 Å². The molecule has 5 nitrogen and oxygen atoms in total. The van der Waals surface area contributed by atoms with Crippen LogP contribution in [0.3, 0.4) is 0 Å². The van der Waals surface area contributed by atoms with Gasteiger partial charge >= 0.3 is 0 Å². The molecular weight excluding hydrogens is 276 g/mol. The van der Waals surface area contributed by atoms with Crippen LogP contribution in [0.4, 0.5) is 5.69 Å². The minimum atomic E-state index is -0.152. The fourth-order valence-corrected chi connectivity index (χ4v) is 1.76. The first kappa shape index (κ1) is 17.6. The molecule has 0 spiro atoms. The van der Waals surface area contributed by atoms with Gasteiger partial charge in [0.2, 0.25) is 5.91 Å². The average Bonchev–Trinajstić information content (AvgIpc) is 2.50. The van der Waals surface area contributed by atoms with Crippen molar-refractivity contribution in [3.63, 3.8) is 0 Å². The second kappa shape index (κ2) is 9.46. The summed E-state index contributed by atoms with van der Waals surface area (Å²) in [6.45, 7) is 5.29. The molecule has 0 bridgehead atoms. The molecule has 1 aromatic carbocycles. The quantitative estimate of drug-likeness (QED) is 0.426. The van der Waals surface area contributed by atoms with Gasteiger partial charge in [-0.1, -0.05) is 25.8 Å². The molecule has 0 aliphatic heterocycles. The van der Waals surface area contributed by atoms with Crippen LogP contribution >= 0.6 is 0 Å². The van der Waals surface area contributed by atoms with E-state index >= 15 is 0 Å². The number of hydrogen-bond acceptors (Lipinski definition) is 2. The molecule has 0 aliphatic carbocycles. The molecule has 0 heterocycles. The van der Waals surface area contributed by atoms with E-state index in [1.165, 1.54) is 0 Å². The largest absolute Gasteiger partial charge is 0.356 e. The molecule has 0 fully saturated rings. The summed E-state index contributed by atoms with van der Waals surface area (Å²) >= 11 is 0. The van der Waals surface area contributed by atoms with E-state index in [-0.39, 0.29) is 12.5 Å². The molecule has 1 rings (SSSR count). The van der Waals surface area contributed by atoms with Gasteiger partial charge in [-0.2, -0.15) is 0 Å². The molecule has 1 amide bonds. The van der Waals surface area contributed by atoms with Crippen LogP contribution in [0.2, 0.25) is 0 Å². The maximum absolute atomic E-state index is 11.9. The number of carbonyl (C=O) groups excluding carboxylic acids is 1. The summed E-state index contributed by atoms with van der Waals surface area (Å²) < 4.78 is 0. The first-order valence-corrected chi connectivity index (χ1v) is 7.36. The maximum atomic E-state index is 11.9. The third kappa shape index (κ3) is 6.80. The molecule has 0 aromatic heterocycles. The second-order valence-corrected chi connectivity index (χ2v) is 5.31. The van der Waals surface area contributed by atoms with Gasteiger partial charge in [-0.05, 0) is 30.5 Å². The van der Waals surface area contributed by atoms with Gasteiger partial charge in [-0.25, -0.2) is 0 Å². The summed E-state index contributed by atoms with van der Waals surface area (Å²) in [5, 5.41) is 8.94. The number of anilines is 1. The smallest absolute Gasteiger partial charge is 0.243 e. The zero-order chi connectivity index (χ0) is 16.4. The molecule has 0 aliphatic rings. The maximum Gasteiger partial charge on any atom is 0.243 e. The number of amides is 1. The highest BCUT2D eigenvalue weighted by molar-refractivity contribution is 5.95. The molecular formula is C17H24N4O. The average molecular weight is 300 g/mol. The van der Waals surface area contributed by atoms with E-state index in [4.69, 9.17) is 6.42 Å². The fourth-order valence-electron chi connectivity index (χ4n) is 1.76. The Balaban J connectivity index is 2.39. The lowest BCUT2D eigenvalue weighted by Crippen LogP contribution is -2.41. The molecule has 0 saturated carbocycles. The third-order valence-electron chi connectivity index (χ3n) is 2.97. The van der Waals surface area contributed by atoms with Crippen LogP contribution in [-0.4, -0.2) is 32.0 Å². The van der Waals surface area contributed by atoms with Crippen molar-refractivity contribution in [1.82, 2.24) is 10.6 Å². The van der Waals surface area contributed by atoms with Crippen LogP contribution in [0.5, 0.6) is 0 Å². The number of guanidine groups is 1. The van der Waals surface area contributed by atoms with E-state index in [1.54, 1.807) is 19.2 Å². The molecule has 3 N–H and O–H groups in total. The molecule has 0 unspecified atom stereocenters. The van der Waals surface area contributed by atoms with Gasteiger partial charge in [-0.15, -0.1) is 6.42 Å². The highest BCUT2D eigenvalue weighted by Crippen LogP contribution is 2.09.